The second-order valence-corrected chi connectivity index (χ2v) is 3.69. The van der Waals surface area contributed by atoms with Crippen molar-refractivity contribution in [3.05, 3.63) is 35.4 Å². The second-order valence-electron chi connectivity index (χ2n) is 3.69. The average Bonchev–Trinajstić information content (AvgIpc) is 2.27. The summed E-state index contributed by atoms with van der Waals surface area (Å²) in [5, 5.41) is 2.56. The summed E-state index contributed by atoms with van der Waals surface area (Å²) in [5.74, 6) is -0.434. The van der Waals surface area contributed by atoms with Crippen molar-refractivity contribution in [3.8, 4) is 0 Å². The summed E-state index contributed by atoms with van der Waals surface area (Å²) in [5.41, 5.74) is 4.72. The third-order valence-electron chi connectivity index (χ3n) is 2.21. The first-order valence-electron chi connectivity index (χ1n) is 5.02. The van der Waals surface area contributed by atoms with Gasteiger partial charge in [-0.2, -0.15) is 13.2 Å². The summed E-state index contributed by atoms with van der Waals surface area (Å²) in [6, 6.07) is 3.82. The maximum absolute atomic E-state index is 12.3. The molecule has 0 saturated carbocycles. The van der Waals surface area contributed by atoms with Gasteiger partial charge in [-0.25, -0.2) is 0 Å². The second kappa shape index (κ2) is 6.61. The molecule has 0 bridgehead atoms. The Kier molecular flexibility index (Phi) is 6.14. The molecule has 7 heteroatoms. The zero-order valence-corrected chi connectivity index (χ0v) is 10.4. The molecule has 0 unspecified atom stereocenters. The van der Waals surface area contributed by atoms with Gasteiger partial charge < -0.3 is 11.1 Å². The number of halogens is 4. The van der Waals surface area contributed by atoms with Crippen molar-refractivity contribution >= 4 is 18.3 Å². The van der Waals surface area contributed by atoms with Crippen LogP contribution in [-0.4, -0.2) is 18.5 Å². The number of nitrogens with one attached hydrogen (secondary N) is 1. The van der Waals surface area contributed by atoms with E-state index < -0.39 is 17.6 Å². The van der Waals surface area contributed by atoms with E-state index in [1.165, 1.54) is 0 Å². The van der Waals surface area contributed by atoms with Gasteiger partial charge in [0.25, 0.3) is 5.91 Å². The number of hydrogen-bond acceptors (Lipinski definition) is 2. The zero-order chi connectivity index (χ0) is 13.1. The van der Waals surface area contributed by atoms with E-state index in [1.54, 1.807) is 6.92 Å². The molecule has 0 fully saturated rings. The summed E-state index contributed by atoms with van der Waals surface area (Å²) in [4.78, 5) is 11.5. The maximum Gasteiger partial charge on any atom is 0.416 e. The van der Waals surface area contributed by atoms with E-state index in [9.17, 15) is 18.0 Å². The van der Waals surface area contributed by atoms with E-state index in [1.807, 2.05) is 0 Å². The first kappa shape index (κ1) is 16.7. The quantitative estimate of drug-likeness (QED) is 0.893. The molecule has 3 nitrogen and oxygen atoms in total. The molecule has 1 aromatic rings. The molecule has 1 rings (SSSR count). The van der Waals surface area contributed by atoms with Crippen molar-refractivity contribution in [3.63, 3.8) is 0 Å². The molecule has 0 radical (unpaired) electrons. The number of carbonyl (C=O) groups is 1. The lowest BCUT2D eigenvalue weighted by atomic mass is 10.1. The predicted molar refractivity (Wildman–Crippen MR) is 64.7 cm³/mol. The van der Waals surface area contributed by atoms with Crippen LogP contribution in [0.1, 0.15) is 22.8 Å². The Labute approximate surface area is 109 Å². The predicted octanol–water partition coefficient (Wildman–Crippen LogP) is 2.20. The molecule has 0 aliphatic heterocycles. The number of benzene rings is 1. The number of rotatable bonds is 3. The van der Waals surface area contributed by atoms with Gasteiger partial charge in [0.1, 0.15) is 0 Å². The minimum atomic E-state index is -4.39. The SMILES string of the molecule is C[C@H](CN)NC(=O)c1ccc(C(F)(F)F)cc1.Cl. The lowest BCUT2D eigenvalue weighted by molar-refractivity contribution is -0.137. The van der Waals surface area contributed by atoms with Gasteiger partial charge in [-0.15, -0.1) is 12.4 Å². The number of carbonyl (C=O) groups excluding carboxylic acids is 1. The normalized spacial score (nSPS) is 12.5. The van der Waals surface area contributed by atoms with Gasteiger partial charge in [0.15, 0.2) is 0 Å². The number of hydrogen-bond donors (Lipinski definition) is 2. The van der Waals surface area contributed by atoms with Crippen LogP contribution >= 0.6 is 12.4 Å². The molecule has 0 aliphatic rings. The first-order valence-corrected chi connectivity index (χ1v) is 5.02. The van der Waals surface area contributed by atoms with Crippen LogP contribution in [0.5, 0.6) is 0 Å². The van der Waals surface area contributed by atoms with Crippen molar-refractivity contribution in [1.29, 1.82) is 0 Å². The van der Waals surface area contributed by atoms with Gasteiger partial charge in [0.2, 0.25) is 0 Å². The van der Waals surface area contributed by atoms with E-state index in [0.717, 1.165) is 24.3 Å². The van der Waals surface area contributed by atoms with Crippen molar-refractivity contribution in [1.82, 2.24) is 5.32 Å². The van der Waals surface area contributed by atoms with Gasteiger partial charge in [-0.1, -0.05) is 0 Å². The Balaban J connectivity index is 0.00000289. The molecule has 3 N–H and O–H groups in total. The van der Waals surface area contributed by atoms with Crippen molar-refractivity contribution in [2.75, 3.05) is 6.54 Å². The van der Waals surface area contributed by atoms with Crippen LogP contribution in [0.2, 0.25) is 0 Å². The highest BCUT2D eigenvalue weighted by molar-refractivity contribution is 5.94. The van der Waals surface area contributed by atoms with Gasteiger partial charge in [0, 0.05) is 18.2 Å². The molecule has 18 heavy (non-hydrogen) atoms. The smallest absolute Gasteiger partial charge is 0.348 e. The molecule has 1 aromatic carbocycles. The van der Waals surface area contributed by atoms with Crippen molar-refractivity contribution in [2.45, 2.75) is 19.1 Å². The van der Waals surface area contributed by atoms with Crippen LogP contribution < -0.4 is 11.1 Å². The van der Waals surface area contributed by atoms with Gasteiger partial charge in [0.05, 0.1) is 5.56 Å². The molecule has 0 aliphatic carbocycles. The Morgan fingerprint density at radius 1 is 1.33 bits per heavy atom. The van der Waals surface area contributed by atoms with Crippen molar-refractivity contribution in [2.24, 2.45) is 5.73 Å². The molecule has 0 aromatic heterocycles. The van der Waals surface area contributed by atoms with Gasteiger partial charge >= 0.3 is 6.18 Å². The molecule has 0 spiro atoms. The minimum Gasteiger partial charge on any atom is -0.348 e. The van der Waals surface area contributed by atoms with Crippen LogP contribution in [-0.2, 0) is 6.18 Å². The topological polar surface area (TPSA) is 55.1 Å². The minimum absolute atomic E-state index is 0. The Hall–Kier alpha value is -1.27. The standard InChI is InChI=1S/C11H13F3N2O.ClH/c1-7(6-15)16-10(17)8-2-4-9(5-3-8)11(12,13)14;/h2-5,7H,6,15H2,1H3,(H,16,17);1H/t7-;/m1./s1. The molecular weight excluding hydrogens is 269 g/mol. The van der Waals surface area contributed by atoms with E-state index >= 15 is 0 Å². The number of nitrogens with two attached hydrogens (primary N) is 1. The summed E-state index contributed by atoms with van der Waals surface area (Å²) in [6.45, 7) is 1.98. The molecule has 0 heterocycles. The van der Waals surface area contributed by atoms with Gasteiger partial charge in [-0.3, -0.25) is 4.79 Å². The highest BCUT2D eigenvalue weighted by Crippen LogP contribution is 2.28. The summed E-state index contributed by atoms with van der Waals surface area (Å²) < 4.78 is 36.8. The Morgan fingerprint density at radius 3 is 2.22 bits per heavy atom. The number of amides is 1. The monoisotopic (exact) mass is 282 g/mol. The fraction of sp³-hybridized carbons (Fsp3) is 0.364. The molecule has 1 amide bonds. The van der Waals surface area contributed by atoms with Crippen LogP contribution in [0.4, 0.5) is 13.2 Å². The highest BCUT2D eigenvalue weighted by atomic mass is 35.5. The van der Waals surface area contributed by atoms with Gasteiger partial charge in [-0.05, 0) is 31.2 Å². The molecular formula is C11H14ClF3N2O. The van der Waals surface area contributed by atoms with E-state index in [0.29, 0.717) is 0 Å². The summed E-state index contributed by atoms with van der Waals surface area (Å²) in [6.07, 6.45) is -4.39. The van der Waals surface area contributed by atoms with E-state index in [2.05, 4.69) is 5.32 Å². The lowest BCUT2D eigenvalue weighted by Gasteiger charge is -2.12. The molecule has 1 atom stereocenters. The van der Waals surface area contributed by atoms with E-state index in [4.69, 9.17) is 5.73 Å². The average molecular weight is 283 g/mol. The van der Waals surface area contributed by atoms with Crippen LogP contribution in [0, 0.1) is 0 Å². The Bertz CT molecular complexity index is 392. The lowest BCUT2D eigenvalue weighted by Crippen LogP contribution is -2.37. The van der Waals surface area contributed by atoms with E-state index in [-0.39, 0.29) is 30.6 Å². The third-order valence-corrected chi connectivity index (χ3v) is 2.21. The molecule has 0 saturated heterocycles. The van der Waals surface area contributed by atoms with Crippen LogP contribution in [0.3, 0.4) is 0 Å². The first-order chi connectivity index (χ1) is 7.84. The van der Waals surface area contributed by atoms with Crippen LogP contribution in [0.25, 0.3) is 0 Å². The summed E-state index contributed by atoms with van der Waals surface area (Å²) in [7, 11) is 0. The largest absolute Gasteiger partial charge is 0.416 e. The summed E-state index contributed by atoms with van der Waals surface area (Å²) >= 11 is 0. The van der Waals surface area contributed by atoms with Crippen LogP contribution in [0.15, 0.2) is 24.3 Å². The zero-order valence-electron chi connectivity index (χ0n) is 9.62. The fourth-order valence-corrected chi connectivity index (χ4v) is 1.18. The highest BCUT2D eigenvalue weighted by Gasteiger charge is 2.30. The Morgan fingerprint density at radius 2 is 1.83 bits per heavy atom. The van der Waals surface area contributed by atoms with Crippen molar-refractivity contribution < 1.29 is 18.0 Å². The maximum atomic E-state index is 12.3. The number of alkyl halides is 3. The fourth-order valence-electron chi connectivity index (χ4n) is 1.18. The third kappa shape index (κ3) is 4.54. The molecule has 102 valence electrons.